The van der Waals surface area contributed by atoms with Crippen LogP contribution in [0.1, 0.15) is 54.1 Å². The third kappa shape index (κ3) is 9.81. The zero-order valence-electron chi connectivity index (χ0n) is 25.4. The van der Waals surface area contributed by atoms with Gasteiger partial charge in [-0.25, -0.2) is 13.2 Å². The average Bonchev–Trinajstić information content (AvgIpc) is 3.34. The van der Waals surface area contributed by atoms with Crippen LogP contribution in [0.2, 0.25) is 0 Å². The Balaban J connectivity index is 1.45. The summed E-state index contributed by atoms with van der Waals surface area (Å²) in [6, 6.07) is 16.7. The molecule has 0 spiro atoms. The number of esters is 1. The Morgan fingerprint density at radius 3 is 2.39 bits per heavy atom. The molecule has 3 aromatic rings. The lowest BCUT2D eigenvalue weighted by Crippen LogP contribution is -2.51. The molecule has 0 saturated carbocycles. The van der Waals surface area contributed by atoms with Crippen LogP contribution in [0.5, 0.6) is 0 Å². The van der Waals surface area contributed by atoms with Gasteiger partial charge in [-0.2, -0.15) is 0 Å². The number of benzene rings is 2. The molecule has 2 N–H and O–H groups in total. The molecule has 2 amide bonds. The van der Waals surface area contributed by atoms with Crippen molar-refractivity contribution in [1.82, 2.24) is 10.2 Å². The van der Waals surface area contributed by atoms with E-state index in [1.807, 2.05) is 12.1 Å². The number of carbonyl (C=O) groups excluding carboxylic acids is 3. The number of hydrogen-bond acceptors (Lipinski definition) is 8. The molecule has 1 aliphatic rings. The highest BCUT2D eigenvalue weighted by Gasteiger charge is 2.31. The van der Waals surface area contributed by atoms with Crippen LogP contribution in [0.15, 0.2) is 60.7 Å². The van der Waals surface area contributed by atoms with Gasteiger partial charge >= 0.3 is 12.1 Å². The van der Waals surface area contributed by atoms with Gasteiger partial charge in [0.05, 0.1) is 18.8 Å². The average molecular weight is 642 g/mol. The van der Waals surface area contributed by atoms with E-state index in [2.05, 4.69) is 10.0 Å². The summed E-state index contributed by atoms with van der Waals surface area (Å²) in [5.74, 6) is -0.694. The van der Waals surface area contributed by atoms with E-state index in [1.165, 1.54) is 0 Å². The van der Waals surface area contributed by atoms with Crippen molar-refractivity contribution < 1.29 is 32.3 Å². The maximum Gasteiger partial charge on any atom is 0.408 e. The Morgan fingerprint density at radius 1 is 1.02 bits per heavy atom. The van der Waals surface area contributed by atoms with Crippen molar-refractivity contribution in [1.29, 1.82) is 0 Å². The number of thiophene rings is 1. The minimum Gasteiger partial charge on any atom is -0.466 e. The summed E-state index contributed by atoms with van der Waals surface area (Å²) < 4.78 is 38.4. The highest BCUT2D eigenvalue weighted by atomic mass is 32.2. The second-order valence-corrected chi connectivity index (χ2v) is 14.5. The first-order valence-electron chi connectivity index (χ1n) is 14.5. The minimum absolute atomic E-state index is 0.155. The molecule has 1 aromatic heterocycles. The quantitative estimate of drug-likeness (QED) is 0.287. The largest absolute Gasteiger partial charge is 0.466 e. The number of rotatable bonds is 11. The van der Waals surface area contributed by atoms with Gasteiger partial charge in [0.15, 0.2) is 0 Å². The van der Waals surface area contributed by atoms with E-state index in [0.717, 1.165) is 20.9 Å². The molecule has 0 saturated heterocycles. The van der Waals surface area contributed by atoms with Crippen molar-refractivity contribution in [3.05, 3.63) is 87.1 Å². The van der Waals surface area contributed by atoms with Gasteiger partial charge in [-0.3, -0.25) is 14.3 Å². The molecular weight excluding hydrogens is 603 g/mol. The zero-order valence-corrected chi connectivity index (χ0v) is 27.1. The SMILES string of the molecule is CCOC(=O)Cc1cc2c(s1)CCN(C(=O)[C@H](Cc1ccc(NS(=O)(=O)Cc3ccccc3)cc1)NC(=O)OC(C)(C)C)C2. The Morgan fingerprint density at radius 2 is 1.73 bits per heavy atom. The molecule has 10 nitrogen and oxygen atoms in total. The van der Waals surface area contributed by atoms with Crippen LogP contribution in [0.4, 0.5) is 10.5 Å². The van der Waals surface area contributed by atoms with E-state index in [4.69, 9.17) is 9.47 Å². The van der Waals surface area contributed by atoms with Gasteiger partial charge in [0.25, 0.3) is 0 Å². The second kappa shape index (κ2) is 14.3. The van der Waals surface area contributed by atoms with Crippen LogP contribution in [-0.2, 0) is 60.6 Å². The first-order chi connectivity index (χ1) is 20.8. The van der Waals surface area contributed by atoms with E-state index >= 15 is 0 Å². The molecule has 12 heteroatoms. The number of ether oxygens (including phenoxy) is 2. The van der Waals surface area contributed by atoms with Crippen molar-refractivity contribution in [2.24, 2.45) is 0 Å². The predicted octanol–water partition coefficient (Wildman–Crippen LogP) is 4.82. The fourth-order valence-electron chi connectivity index (χ4n) is 4.85. The van der Waals surface area contributed by atoms with Gasteiger partial charge in [-0.15, -0.1) is 11.3 Å². The van der Waals surface area contributed by atoms with Crippen LogP contribution in [-0.4, -0.2) is 56.1 Å². The molecule has 1 atom stereocenters. The summed E-state index contributed by atoms with van der Waals surface area (Å²) in [4.78, 5) is 42.2. The predicted molar refractivity (Wildman–Crippen MR) is 170 cm³/mol. The molecule has 0 fully saturated rings. The molecule has 2 aromatic carbocycles. The van der Waals surface area contributed by atoms with Crippen molar-refractivity contribution in [2.45, 2.75) is 70.9 Å². The van der Waals surface area contributed by atoms with Gasteiger partial charge in [-0.1, -0.05) is 42.5 Å². The van der Waals surface area contributed by atoms with Crippen LogP contribution in [0, 0.1) is 0 Å². The number of fused-ring (bicyclic) bond motifs is 1. The molecule has 1 aliphatic heterocycles. The van der Waals surface area contributed by atoms with Crippen molar-refractivity contribution in [3.8, 4) is 0 Å². The molecule has 0 bridgehead atoms. The topological polar surface area (TPSA) is 131 Å². The summed E-state index contributed by atoms with van der Waals surface area (Å²) in [6.45, 7) is 8.17. The fraction of sp³-hybridized carbons (Fsp3) is 0.406. The number of carbonyl (C=O) groups is 3. The lowest BCUT2D eigenvalue weighted by molar-refractivity contribution is -0.142. The normalized spacial score (nSPS) is 13.9. The third-order valence-electron chi connectivity index (χ3n) is 6.71. The van der Waals surface area contributed by atoms with Gasteiger partial charge in [0.1, 0.15) is 11.6 Å². The zero-order chi connectivity index (χ0) is 31.9. The Labute approximate surface area is 262 Å². The number of sulfonamides is 1. The molecule has 0 radical (unpaired) electrons. The van der Waals surface area contributed by atoms with E-state index in [1.54, 1.807) is 92.5 Å². The second-order valence-electron chi connectivity index (χ2n) is 11.6. The minimum atomic E-state index is -3.63. The van der Waals surface area contributed by atoms with Crippen LogP contribution >= 0.6 is 11.3 Å². The van der Waals surface area contributed by atoms with E-state index in [0.29, 0.717) is 37.4 Å². The molecule has 0 unspecified atom stereocenters. The summed E-state index contributed by atoms with van der Waals surface area (Å²) in [5.41, 5.74) is 2.04. The molecule has 2 heterocycles. The number of anilines is 1. The van der Waals surface area contributed by atoms with Gasteiger partial charge in [0, 0.05) is 35.0 Å². The summed E-state index contributed by atoms with van der Waals surface area (Å²) >= 11 is 1.56. The highest BCUT2D eigenvalue weighted by molar-refractivity contribution is 7.91. The Hall–Kier alpha value is -3.90. The van der Waals surface area contributed by atoms with Crippen LogP contribution < -0.4 is 10.0 Å². The van der Waals surface area contributed by atoms with Crippen molar-refractivity contribution >= 4 is 45.0 Å². The number of amides is 2. The lowest BCUT2D eigenvalue weighted by Gasteiger charge is -2.31. The molecule has 4 rings (SSSR count). The van der Waals surface area contributed by atoms with E-state index in [9.17, 15) is 22.8 Å². The number of nitrogens with zero attached hydrogens (tertiary/aromatic N) is 1. The van der Waals surface area contributed by atoms with Gasteiger partial charge < -0.3 is 19.7 Å². The molecule has 236 valence electrons. The molecule has 0 aliphatic carbocycles. The lowest BCUT2D eigenvalue weighted by atomic mass is 10.0. The van der Waals surface area contributed by atoms with Gasteiger partial charge in [-0.05, 0) is 69.0 Å². The first-order valence-corrected chi connectivity index (χ1v) is 16.9. The summed E-state index contributed by atoms with van der Waals surface area (Å²) in [7, 11) is -3.63. The number of hydrogen-bond donors (Lipinski definition) is 2. The number of nitrogens with one attached hydrogen (secondary N) is 2. The van der Waals surface area contributed by atoms with Crippen molar-refractivity contribution in [3.63, 3.8) is 0 Å². The number of alkyl carbamates (subject to hydrolysis) is 1. The third-order valence-corrected chi connectivity index (χ3v) is 9.21. The maximum absolute atomic E-state index is 13.8. The van der Waals surface area contributed by atoms with Crippen LogP contribution in [0.3, 0.4) is 0 Å². The monoisotopic (exact) mass is 641 g/mol. The Bertz CT molecular complexity index is 1560. The van der Waals surface area contributed by atoms with E-state index < -0.39 is 27.8 Å². The smallest absolute Gasteiger partial charge is 0.408 e. The van der Waals surface area contributed by atoms with Crippen molar-refractivity contribution in [2.75, 3.05) is 17.9 Å². The molecular formula is C32H39N3O7S2. The Kier molecular flexibility index (Phi) is 10.7. The summed E-state index contributed by atoms with van der Waals surface area (Å²) in [5, 5.41) is 2.75. The van der Waals surface area contributed by atoms with Gasteiger partial charge in [0.2, 0.25) is 15.9 Å². The van der Waals surface area contributed by atoms with Crippen LogP contribution in [0.25, 0.3) is 0 Å². The molecule has 44 heavy (non-hydrogen) atoms. The highest BCUT2D eigenvalue weighted by Crippen LogP contribution is 2.29. The maximum atomic E-state index is 13.8. The van der Waals surface area contributed by atoms with E-state index in [-0.39, 0.29) is 30.5 Å². The first kappa shape index (κ1) is 33.0. The fourth-order valence-corrected chi connectivity index (χ4v) is 7.20. The standard InChI is InChI=1S/C32H39N3O7S2/c1-5-41-29(36)19-26-18-24-20-35(16-15-28(24)43-26)30(37)27(33-31(38)42-32(2,3)4)17-22-11-13-25(14-12-22)34-44(39,40)21-23-9-7-6-8-10-23/h6-14,18,27,34H,5,15-17,19-21H2,1-4H3,(H,33,38)/t27-/m0/s1. The summed E-state index contributed by atoms with van der Waals surface area (Å²) in [6.07, 6.45) is 0.314.